The molecule has 0 N–H and O–H groups in total. The van der Waals surface area contributed by atoms with Gasteiger partial charge in [-0.25, -0.2) is 0 Å². The second-order valence-electron chi connectivity index (χ2n) is 4.95. The van der Waals surface area contributed by atoms with Crippen molar-refractivity contribution in [2.45, 2.75) is 24.8 Å². The van der Waals surface area contributed by atoms with Crippen LogP contribution in [-0.4, -0.2) is 25.3 Å². The van der Waals surface area contributed by atoms with Crippen LogP contribution in [0.5, 0.6) is 0 Å². The maximum Gasteiger partial charge on any atom is 0.0801 e. The van der Waals surface area contributed by atoms with Crippen LogP contribution in [-0.2, 0) is 10.1 Å². The molecule has 1 saturated heterocycles. The number of rotatable bonds is 2. The third-order valence-corrected chi connectivity index (χ3v) is 4.22. The molecule has 1 aromatic rings. The van der Waals surface area contributed by atoms with Gasteiger partial charge in [0.2, 0.25) is 0 Å². The molecule has 0 spiro atoms. The number of anilines is 1. The molecule has 1 aromatic carbocycles. The van der Waals surface area contributed by atoms with Crippen molar-refractivity contribution in [1.82, 2.24) is 0 Å². The molecule has 94 valence electrons. The fourth-order valence-electron chi connectivity index (χ4n) is 2.11. The molecule has 1 heterocycles. The minimum Gasteiger partial charge on any atom is -0.372 e. The van der Waals surface area contributed by atoms with Crippen molar-refractivity contribution >= 4 is 37.5 Å². The summed E-state index contributed by atoms with van der Waals surface area (Å²) in [5.74, 6) is 0. The maximum absolute atomic E-state index is 5.74. The van der Waals surface area contributed by atoms with Crippen molar-refractivity contribution in [3.8, 4) is 0 Å². The van der Waals surface area contributed by atoms with Gasteiger partial charge in [0.25, 0.3) is 0 Å². The zero-order chi connectivity index (χ0) is 12.5. The minimum atomic E-state index is -0.0637. The van der Waals surface area contributed by atoms with E-state index < -0.39 is 0 Å². The van der Waals surface area contributed by atoms with E-state index in [-0.39, 0.29) is 5.60 Å². The lowest BCUT2D eigenvalue weighted by Crippen LogP contribution is -2.48. The summed E-state index contributed by atoms with van der Waals surface area (Å²) in [6.45, 7) is 6.95. The molecular formula is C13H17Br2NO. The van der Waals surface area contributed by atoms with E-state index in [9.17, 15) is 0 Å². The first-order valence-corrected chi connectivity index (χ1v) is 7.66. The number of alkyl halides is 1. The molecule has 0 bridgehead atoms. The first-order chi connectivity index (χ1) is 8.02. The lowest BCUT2D eigenvalue weighted by Gasteiger charge is -2.39. The molecule has 17 heavy (non-hydrogen) atoms. The smallest absolute Gasteiger partial charge is 0.0801 e. The van der Waals surface area contributed by atoms with E-state index in [1.54, 1.807) is 0 Å². The van der Waals surface area contributed by atoms with Crippen LogP contribution in [0.2, 0.25) is 0 Å². The molecule has 0 unspecified atom stereocenters. The average molecular weight is 363 g/mol. The Balaban J connectivity index is 2.22. The lowest BCUT2D eigenvalue weighted by atomic mass is 10.1. The van der Waals surface area contributed by atoms with E-state index in [0.29, 0.717) is 0 Å². The van der Waals surface area contributed by atoms with Crippen molar-refractivity contribution in [3.63, 3.8) is 0 Å². The molecule has 0 radical (unpaired) electrons. The third kappa shape index (κ3) is 3.24. The van der Waals surface area contributed by atoms with Gasteiger partial charge < -0.3 is 9.64 Å². The number of morpholine rings is 1. The van der Waals surface area contributed by atoms with E-state index >= 15 is 0 Å². The van der Waals surface area contributed by atoms with Gasteiger partial charge in [0.1, 0.15) is 0 Å². The molecule has 0 saturated carbocycles. The van der Waals surface area contributed by atoms with Gasteiger partial charge in [-0.05, 0) is 47.5 Å². The summed E-state index contributed by atoms with van der Waals surface area (Å²) >= 11 is 7.13. The minimum absolute atomic E-state index is 0.0637. The zero-order valence-corrected chi connectivity index (χ0v) is 13.3. The first kappa shape index (κ1) is 13.4. The monoisotopic (exact) mass is 361 g/mol. The summed E-state index contributed by atoms with van der Waals surface area (Å²) in [5.41, 5.74) is 2.48. The topological polar surface area (TPSA) is 12.5 Å². The third-order valence-electron chi connectivity index (χ3n) is 2.93. The number of benzene rings is 1. The summed E-state index contributed by atoms with van der Waals surface area (Å²) in [7, 11) is 0. The van der Waals surface area contributed by atoms with Gasteiger partial charge in [0.05, 0.1) is 17.9 Å². The highest BCUT2D eigenvalue weighted by Gasteiger charge is 2.28. The first-order valence-electron chi connectivity index (χ1n) is 5.75. The largest absolute Gasteiger partial charge is 0.372 e. The Morgan fingerprint density at radius 1 is 1.41 bits per heavy atom. The zero-order valence-electron chi connectivity index (χ0n) is 10.2. The summed E-state index contributed by atoms with van der Waals surface area (Å²) in [6.07, 6.45) is 0. The van der Waals surface area contributed by atoms with Crippen LogP contribution in [0.3, 0.4) is 0 Å². The van der Waals surface area contributed by atoms with Crippen LogP contribution in [0.25, 0.3) is 0 Å². The molecule has 4 heteroatoms. The van der Waals surface area contributed by atoms with E-state index in [1.165, 1.54) is 11.3 Å². The van der Waals surface area contributed by atoms with E-state index in [4.69, 9.17) is 4.74 Å². The Kier molecular flexibility index (Phi) is 4.16. The van der Waals surface area contributed by atoms with Crippen LogP contribution in [0.15, 0.2) is 22.7 Å². The predicted octanol–water partition coefficient (Wildman–Crippen LogP) is 3.96. The number of ether oxygens (including phenoxy) is 1. The van der Waals surface area contributed by atoms with E-state index in [1.807, 2.05) is 0 Å². The molecular weight excluding hydrogens is 346 g/mol. The van der Waals surface area contributed by atoms with Crippen molar-refractivity contribution in [1.29, 1.82) is 0 Å². The summed E-state index contributed by atoms with van der Waals surface area (Å²) in [4.78, 5) is 2.38. The van der Waals surface area contributed by atoms with Gasteiger partial charge in [-0.15, -0.1) is 0 Å². The summed E-state index contributed by atoms with van der Waals surface area (Å²) in [6, 6.07) is 6.52. The molecule has 0 aromatic heterocycles. The van der Waals surface area contributed by atoms with Gasteiger partial charge in [0, 0.05) is 22.9 Å². The van der Waals surface area contributed by atoms with Crippen molar-refractivity contribution in [2.24, 2.45) is 0 Å². The fraction of sp³-hybridized carbons (Fsp3) is 0.538. The number of hydrogen-bond acceptors (Lipinski definition) is 2. The molecule has 1 aliphatic heterocycles. The normalized spacial score (nSPS) is 19.4. The number of halogens is 2. The lowest BCUT2D eigenvalue weighted by molar-refractivity contribution is -0.0277. The molecule has 0 aliphatic carbocycles. The average Bonchev–Trinajstić information content (AvgIpc) is 2.27. The fourth-order valence-corrected chi connectivity index (χ4v) is 3.14. The Bertz CT molecular complexity index is 406. The summed E-state index contributed by atoms with van der Waals surface area (Å²) in [5, 5.41) is 0.889. The molecule has 0 atom stereocenters. The highest BCUT2D eigenvalue weighted by molar-refractivity contribution is 9.10. The van der Waals surface area contributed by atoms with Crippen LogP contribution >= 0.6 is 31.9 Å². The maximum atomic E-state index is 5.74. The second-order valence-corrected chi connectivity index (χ2v) is 6.36. The Morgan fingerprint density at radius 3 is 2.76 bits per heavy atom. The summed E-state index contributed by atoms with van der Waals surface area (Å²) < 4.78 is 6.90. The van der Waals surface area contributed by atoms with Gasteiger partial charge in [-0.3, -0.25) is 0 Å². The van der Waals surface area contributed by atoms with Crippen LogP contribution in [0.1, 0.15) is 19.4 Å². The number of hydrogen-bond donors (Lipinski definition) is 0. The van der Waals surface area contributed by atoms with Gasteiger partial charge in [-0.1, -0.05) is 22.0 Å². The van der Waals surface area contributed by atoms with Crippen molar-refractivity contribution in [2.75, 3.05) is 24.6 Å². The predicted molar refractivity (Wildman–Crippen MR) is 79.0 cm³/mol. The van der Waals surface area contributed by atoms with Gasteiger partial charge in [0.15, 0.2) is 0 Å². The highest BCUT2D eigenvalue weighted by Crippen LogP contribution is 2.31. The Hall–Kier alpha value is -0.0600. The molecule has 1 fully saturated rings. The number of nitrogens with zero attached hydrogens (tertiary/aromatic N) is 1. The molecule has 1 aliphatic rings. The van der Waals surface area contributed by atoms with Crippen LogP contribution in [0.4, 0.5) is 5.69 Å². The molecule has 0 amide bonds. The van der Waals surface area contributed by atoms with Crippen molar-refractivity contribution in [3.05, 3.63) is 28.2 Å². The van der Waals surface area contributed by atoms with Crippen LogP contribution in [0, 0.1) is 0 Å². The van der Waals surface area contributed by atoms with Crippen LogP contribution < -0.4 is 4.90 Å². The van der Waals surface area contributed by atoms with Crippen molar-refractivity contribution < 1.29 is 4.74 Å². The highest BCUT2D eigenvalue weighted by atomic mass is 79.9. The quantitative estimate of drug-likeness (QED) is 0.738. The Labute approximate surface area is 120 Å². The van der Waals surface area contributed by atoms with Gasteiger partial charge >= 0.3 is 0 Å². The molecule has 2 nitrogen and oxygen atoms in total. The molecule has 2 rings (SSSR count). The van der Waals surface area contributed by atoms with Gasteiger partial charge in [-0.2, -0.15) is 0 Å². The SMILES string of the molecule is CC1(C)CN(c2ccc(CBr)cc2Br)CCO1. The second kappa shape index (κ2) is 5.29. The van der Waals surface area contributed by atoms with E-state index in [2.05, 4.69) is 68.8 Å². The standard InChI is InChI=1S/C13H17Br2NO/c1-13(2)9-16(5-6-17-13)12-4-3-10(8-14)7-11(12)15/h3-4,7H,5-6,8-9H2,1-2H3. The Morgan fingerprint density at radius 2 is 2.18 bits per heavy atom. The van der Waals surface area contributed by atoms with E-state index in [0.717, 1.165) is 29.5 Å².